The minimum Gasteiger partial charge on any atom is -0.493 e. The number of aromatic nitrogens is 1. The van der Waals surface area contributed by atoms with Crippen molar-refractivity contribution in [2.75, 3.05) is 14.2 Å². The van der Waals surface area contributed by atoms with Crippen LogP contribution in [0.4, 0.5) is 0 Å². The van der Waals surface area contributed by atoms with Crippen LogP contribution in [0.3, 0.4) is 0 Å². The molecule has 130 valence electrons. The van der Waals surface area contributed by atoms with Crippen molar-refractivity contribution in [1.29, 1.82) is 0 Å². The predicted octanol–water partition coefficient (Wildman–Crippen LogP) is 3.75. The first kappa shape index (κ1) is 15.1. The number of para-hydroxylation sites is 1. The van der Waals surface area contributed by atoms with Gasteiger partial charge in [-0.1, -0.05) is 18.2 Å². The molecule has 1 aromatic heterocycles. The number of carbonyl (C=O) groups is 1. The summed E-state index contributed by atoms with van der Waals surface area (Å²) in [6.45, 7) is 0.527. The van der Waals surface area contributed by atoms with Gasteiger partial charge in [0.05, 0.1) is 25.3 Å². The van der Waals surface area contributed by atoms with Crippen molar-refractivity contribution in [3.63, 3.8) is 0 Å². The van der Waals surface area contributed by atoms with Crippen molar-refractivity contribution < 1.29 is 14.3 Å². The van der Waals surface area contributed by atoms with Crippen LogP contribution in [0.1, 0.15) is 15.9 Å². The Bertz CT molecular complexity index is 1240. The molecule has 0 spiro atoms. The van der Waals surface area contributed by atoms with Crippen LogP contribution in [0.2, 0.25) is 0 Å². The fourth-order valence-electron chi connectivity index (χ4n) is 4.26. The number of methoxy groups -OCH3 is 2. The van der Waals surface area contributed by atoms with Crippen molar-refractivity contribution >= 4 is 38.5 Å². The van der Waals surface area contributed by atoms with E-state index >= 15 is 0 Å². The molecule has 1 amide bonds. The zero-order valence-corrected chi connectivity index (χ0v) is 14.8. The van der Waals surface area contributed by atoms with E-state index in [9.17, 15) is 4.79 Å². The summed E-state index contributed by atoms with van der Waals surface area (Å²) in [5.41, 5.74) is 3.94. The highest BCUT2D eigenvalue weighted by Gasteiger charge is 2.29. The van der Waals surface area contributed by atoms with Crippen LogP contribution >= 0.6 is 0 Å². The van der Waals surface area contributed by atoms with E-state index in [1.165, 1.54) is 0 Å². The molecule has 4 aromatic rings. The molecular weight excluding hydrogens is 328 g/mol. The molecule has 5 heteroatoms. The summed E-state index contributed by atoms with van der Waals surface area (Å²) in [4.78, 5) is 12.7. The zero-order valence-electron chi connectivity index (χ0n) is 14.8. The van der Waals surface area contributed by atoms with E-state index in [2.05, 4.69) is 22.0 Å². The van der Waals surface area contributed by atoms with Crippen LogP contribution < -0.4 is 14.8 Å². The van der Waals surface area contributed by atoms with Gasteiger partial charge in [-0.05, 0) is 29.1 Å². The van der Waals surface area contributed by atoms with E-state index in [0.717, 1.165) is 43.7 Å². The Balaban J connectivity index is 2.12. The second kappa shape index (κ2) is 5.14. The van der Waals surface area contributed by atoms with E-state index in [4.69, 9.17) is 9.47 Å². The maximum atomic E-state index is 12.7. The highest BCUT2D eigenvalue weighted by molar-refractivity contribution is 6.27. The number of hydrogen-bond donors (Lipinski definition) is 1. The van der Waals surface area contributed by atoms with Gasteiger partial charge in [-0.15, -0.1) is 0 Å². The van der Waals surface area contributed by atoms with Crippen LogP contribution in [0.15, 0.2) is 36.4 Å². The quantitative estimate of drug-likeness (QED) is 0.601. The van der Waals surface area contributed by atoms with Crippen molar-refractivity contribution in [1.82, 2.24) is 9.88 Å². The lowest BCUT2D eigenvalue weighted by Crippen LogP contribution is -2.12. The van der Waals surface area contributed by atoms with E-state index in [1.54, 1.807) is 14.2 Å². The summed E-state index contributed by atoms with van der Waals surface area (Å²) in [5.74, 6) is 1.33. The van der Waals surface area contributed by atoms with E-state index in [-0.39, 0.29) is 5.91 Å². The molecule has 1 N–H and O–H groups in total. The van der Waals surface area contributed by atoms with Crippen molar-refractivity contribution in [3.05, 3.63) is 47.5 Å². The molecule has 26 heavy (non-hydrogen) atoms. The SMILES string of the molecule is COc1cc2c3c(c4c5ccccc5n(C)c4c2cc1OC)C(=O)NC3. The summed E-state index contributed by atoms with van der Waals surface area (Å²) in [7, 11) is 5.31. The molecule has 1 aliphatic heterocycles. The summed E-state index contributed by atoms with van der Waals surface area (Å²) in [6, 6.07) is 12.2. The van der Waals surface area contributed by atoms with Gasteiger partial charge in [0.2, 0.25) is 0 Å². The third-order valence-electron chi connectivity index (χ3n) is 5.42. The molecule has 0 saturated heterocycles. The van der Waals surface area contributed by atoms with Gasteiger partial charge in [0.25, 0.3) is 5.91 Å². The summed E-state index contributed by atoms with van der Waals surface area (Å²) < 4.78 is 13.2. The number of amides is 1. The molecule has 0 atom stereocenters. The second-order valence-electron chi connectivity index (χ2n) is 6.59. The first-order valence-corrected chi connectivity index (χ1v) is 8.51. The molecule has 0 saturated carbocycles. The number of carbonyl (C=O) groups excluding carboxylic acids is 1. The van der Waals surface area contributed by atoms with Crippen molar-refractivity contribution in [2.45, 2.75) is 6.54 Å². The molecule has 0 radical (unpaired) electrons. The molecule has 0 unspecified atom stereocenters. The monoisotopic (exact) mass is 346 g/mol. The van der Waals surface area contributed by atoms with Crippen molar-refractivity contribution in [2.24, 2.45) is 7.05 Å². The van der Waals surface area contributed by atoms with Gasteiger partial charge in [0.1, 0.15) is 0 Å². The Hall–Kier alpha value is -3.21. The number of benzene rings is 3. The van der Waals surface area contributed by atoms with Crippen molar-refractivity contribution in [3.8, 4) is 11.5 Å². The molecule has 5 rings (SSSR count). The highest BCUT2D eigenvalue weighted by Crippen LogP contribution is 2.44. The number of nitrogens with zero attached hydrogens (tertiary/aromatic N) is 1. The Morgan fingerprint density at radius 2 is 1.69 bits per heavy atom. The average molecular weight is 346 g/mol. The maximum absolute atomic E-state index is 12.7. The number of ether oxygens (including phenoxy) is 2. The normalized spacial score (nSPS) is 13.4. The number of nitrogens with one attached hydrogen (secondary N) is 1. The van der Waals surface area contributed by atoms with Gasteiger partial charge >= 0.3 is 0 Å². The molecule has 3 aromatic carbocycles. The molecule has 0 fully saturated rings. The minimum absolute atomic E-state index is 0.0157. The summed E-state index contributed by atoms with van der Waals surface area (Å²) >= 11 is 0. The average Bonchev–Trinajstić information content (AvgIpc) is 3.19. The largest absolute Gasteiger partial charge is 0.493 e. The molecule has 0 bridgehead atoms. The van der Waals surface area contributed by atoms with Gasteiger partial charge in [0.15, 0.2) is 11.5 Å². The highest BCUT2D eigenvalue weighted by atomic mass is 16.5. The van der Waals surface area contributed by atoms with Gasteiger partial charge in [0, 0.05) is 35.3 Å². The second-order valence-corrected chi connectivity index (χ2v) is 6.59. The lowest BCUT2D eigenvalue weighted by Gasteiger charge is -2.13. The maximum Gasteiger partial charge on any atom is 0.252 e. The number of aryl methyl sites for hydroxylation is 1. The van der Waals surface area contributed by atoms with Gasteiger partial charge in [-0.25, -0.2) is 0 Å². The van der Waals surface area contributed by atoms with Gasteiger partial charge in [-0.2, -0.15) is 0 Å². The van der Waals surface area contributed by atoms with E-state index in [1.807, 2.05) is 31.3 Å². The third-order valence-corrected chi connectivity index (χ3v) is 5.42. The lowest BCUT2D eigenvalue weighted by atomic mass is 9.94. The first-order valence-electron chi connectivity index (χ1n) is 8.51. The predicted molar refractivity (Wildman–Crippen MR) is 102 cm³/mol. The van der Waals surface area contributed by atoms with Crippen LogP contribution in [-0.4, -0.2) is 24.7 Å². The fourth-order valence-corrected chi connectivity index (χ4v) is 4.26. The topological polar surface area (TPSA) is 52.5 Å². The van der Waals surface area contributed by atoms with Crippen LogP contribution in [-0.2, 0) is 13.6 Å². The molecule has 2 heterocycles. The zero-order chi connectivity index (χ0) is 18.0. The van der Waals surface area contributed by atoms with Crippen LogP contribution in [0, 0.1) is 0 Å². The fraction of sp³-hybridized carbons (Fsp3) is 0.190. The van der Waals surface area contributed by atoms with Crippen LogP contribution in [0.5, 0.6) is 11.5 Å². The molecule has 1 aliphatic rings. The standard InChI is InChI=1S/C21H18N2O3/c1-23-15-7-5-4-6-11(15)18-19-14(10-22-21(19)24)12-8-16(25-2)17(26-3)9-13(12)20(18)23/h4-9H,10H2,1-3H3,(H,22,24). The first-order chi connectivity index (χ1) is 12.7. The van der Waals surface area contributed by atoms with Gasteiger partial charge in [-0.3, -0.25) is 4.79 Å². The number of hydrogen-bond acceptors (Lipinski definition) is 3. The van der Waals surface area contributed by atoms with E-state index in [0.29, 0.717) is 18.0 Å². The minimum atomic E-state index is -0.0157. The van der Waals surface area contributed by atoms with Gasteiger partial charge < -0.3 is 19.4 Å². The Morgan fingerprint density at radius 1 is 1.00 bits per heavy atom. The lowest BCUT2D eigenvalue weighted by molar-refractivity contribution is 0.0967. The summed E-state index contributed by atoms with van der Waals surface area (Å²) in [6.07, 6.45) is 0. The molecule has 5 nitrogen and oxygen atoms in total. The number of fused-ring (bicyclic) bond motifs is 8. The Kier molecular flexibility index (Phi) is 2.98. The molecule has 0 aliphatic carbocycles. The molecular formula is C21H18N2O3. The summed E-state index contributed by atoms with van der Waals surface area (Å²) in [5, 5.41) is 7.17. The third kappa shape index (κ3) is 1.72. The Morgan fingerprint density at radius 3 is 2.42 bits per heavy atom. The van der Waals surface area contributed by atoms with E-state index < -0.39 is 0 Å². The van der Waals surface area contributed by atoms with Crippen LogP contribution in [0.25, 0.3) is 32.6 Å². The smallest absolute Gasteiger partial charge is 0.252 e. The number of rotatable bonds is 2. The Labute approximate surface area is 150 Å².